The van der Waals surface area contributed by atoms with Gasteiger partial charge in [0.15, 0.2) is 0 Å². The molecule has 0 spiro atoms. The van der Waals surface area contributed by atoms with Crippen molar-refractivity contribution in [3.05, 3.63) is 35.9 Å². The van der Waals surface area contributed by atoms with Crippen molar-refractivity contribution >= 4 is 5.97 Å². The summed E-state index contributed by atoms with van der Waals surface area (Å²) in [4.78, 5) is 11.6. The molecule has 1 rings (SSSR count). The van der Waals surface area contributed by atoms with Crippen LogP contribution >= 0.6 is 0 Å². The summed E-state index contributed by atoms with van der Waals surface area (Å²) in [6.07, 6.45) is -0.184. The van der Waals surface area contributed by atoms with Gasteiger partial charge in [-0.1, -0.05) is 30.3 Å². The maximum absolute atomic E-state index is 11.6. The van der Waals surface area contributed by atoms with Crippen molar-refractivity contribution in [2.75, 3.05) is 6.61 Å². The zero-order valence-corrected chi connectivity index (χ0v) is 9.72. The summed E-state index contributed by atoms with van der Waals surface area (Å²) in [5, 5.41) is 9.57. The Kier molecular flexibility index (Phi) is 4.99. The minimum absolute atomic E-state index is 0.332. The molecule has 3 nitrogen and oxygen atoms in total. The molecular formula is C13H18O3. The van der Waals surface area contributed by atoms with Gasteiger partial charge >= 0.3 is 5.97 Å². The number of aliphatic hydroxyl groups is 1. The summed E-state index contributed by atoms with van der Waals surface area (Å²) in [6, 6.07) is 9.63. The minimum Gasteiger partial charge on any atom is -0.466 e. The second-order valence-electron chi connectivity index (χ2n) is 3.79. The van der Waals surface area contributed by atoms with Gasteiger partial charge in [0.05, 0.1) is 18.6 Å². The highest BCUT2D eigenvalue weighted by molar-refractivity contribution is 5.73. The topological polar surface area (TPSA) is 46.5 Å². The lowest BCUT2D eigenvalue weighted by atomic mass is 9.95. The number of hydrogen-bond acceptors (Lipinski definition) is 3. The molecule has 0 aliphatic heterocycles. The fourth-order valence-corrected chi connectivity index (χ4v) is 1.57. The van der Waals surface area contributed by atoms with Crippen LogP contribution in [0.1, 0.15) is 19.4 Å². The van der Waals surface area contributed by atoms with Gasteiger partial charge in [-0.15, -0.1) is 0 Å². The van der Waals surface area contributed by atoms with Gasteiger partial charge in [0.1, 0.15) is 0 Å². The van der Waals surface area contributed by atoms with Crippen molar-refractivity contribution in [1.82, 2.24) is 0 Å². The molecule has 0 amide bonds. The molecule has 0 aromatic heterocycles. The number of aliphatic hydroxyl groups excluding tert-OH is 1. The van der Waals surface area contributed by atoms with E-state index in [1.54, 1.807) is 13.8 Å². The van der Waals surface area contributed by atoms with Crippen LogP contribution in [0.3, 0.4) is 0 Å². The van der Waals surface area contributed by atoms with Gasteiger partial charge in [0.2, 0.25) is 0 Å². The van der Waals surface area contributed by atoms with Crippen molar-refractivity contribution < 1.29 is 14.6 Å². The predicted octanol–water partition coefficient (Wildman–Crippen LogP) is 1.79. The summed E-state index contributed by atoms with van der Waals surface area (Å²) in [5.74, 6) is -0.816. The van der Waals surface area contributed by atoms with Crippen LogP contribution in [-0.2, 0) is 16.0 Å². The lowest BCUT2D eigenvalue weighted by molar-refractivity contribution is -0.151. The smallest absolute Gasteiger partial charge is 0.311 e. The van der Waals surface area contributed by atoms with Crippen LogP contribution in [0.2, 0.25) is 0 Å². The SMILES string of the molecule is CCOC(=O)[C@H](Cc1ccccc1)[C@H](C)O. The molecule has 0 fully saturated rings. The number of hydrogen-bond donors (Lipinski definition) is 1. The molecule has 0 aliphatic carbocycles. The quantitative estimate of drug-likeness (QED) is 0.773. The highest BCUT2D eigenvalue weighted by Gasteiger charge is 2.25. The molecule has 1 aromatic carbocycles. The highest BCUT2D eigenvalue weighted by Crippen LogP contribution is 2.14. The molecule has 0 radical (unpaired) electrons. The maximum Gasteiger partial charge on any atom is 0.311 e. The van der Waals surface area contributed by atoms with Crippen LogP contribution in [0.5, 0.6) is 0 Å². The summed E-state index contributed by atoms with van der Waals surface area (Å²) in [6.45, 7) is 3.72. The number of benzene rings is 1. The van der Waals surface area contributed by atoms with E-state index in [2.05, 4.69) is 0 Å². The summed E-state index contributed by atoms with van der Waals surface area (Å²) in [7, 11) is 0. The van der Waals surface area contributed by atoms with Gasteiger partial charge in [-0.05, 0) is 25.8 Å². The van der Waals surface area contributed by atoms with Crippen LogP contribution in [0.25, 0.3) is 0 Å². The number of rotatable bonds is 5. The van der Waals surface area contributed by atoms with Crippen molar-refractivity contribution in [3.8, 4) is 0 Å². The second kappa shape index (κ2) is 6.28. The average Bonchev–Trinajstić information content (AvgIpc) is 2.27. The van der Waals surface area contributed by atoms with Gasteiger partial charge in [0, 0.05) is 0 Å². The molecule has 16 heavy (non-hydrogen) atoms. The number of carbonyl (C=O) groups excluding carboxylic acids is 1. The Morgan fingerprint density at radius 2 is 2.00 bits per heavy atom. The van der Waals surface area contributed by atoms with Crippen LogP contribution in [-0.4, -0.2) is 23.8 Å². The predicted molar refractivity (Wildman–Crippen MR) is 61.9 cm³/mol. The Hall–Kier alpha value is -1.35. The van der Waals surface area contributed by atoms with Crippen molar-refractivity contribution in [2.24, 2.45) is 5.92 Å². The maximum atomic E-state index is 11.6. The molecule has 1 aromatic rings. The van der Waals surface area contributed by atoms with Gasteiger partial charge in [-0.2, -0.15) is 0 Å². The standard InChI is InChI=1S/C13H18O3/c1-3-16-13(15)12(10(2)14)9-11-7-5-4-6-8-11/h4-8,10,12,14H,3,9H2,1-2H3/t10-,12+/m0/s1. The normalized spacial score (nSPS) is 14.2. The Labute approximate surface area is 96.1 Å². The van der Waals surface area contributed by atoms with Crippen LogP contribution in [0.15, 0.2) is 30.3 Å². The monoisotopic (exact) mass is 222 g/mol. The third kappa shape index (κ3) is 3.66. The zero-order valence-electron chi connectivity index (χ0n) is 9.72. The van der Waals surface area contributed by atoms with Crippen molar-refractivity contribution in [2.45, 2.75) is 26.4 Å². The zero-order chi connectivity index (χ0) is 12.0. The van der Waals surface area contributed by atoms with Crippen molar-refractivity contribution in [3.63, 3.8) is 0 Å². The number of carbonyl (C=O) groups is 1. The van der Waals surface area contributed by atoms with E-state index in [1.807, 2.05) is 30.3 Å². The highest BCUT2D eigenvalue weighted by atomic mass is 16.5. The third-order valence-electron chi connectivity index (χ3n) is 2.47. The molecule has 0 aliphatic rings. The Morgan fingerprint density at radius 3 is 2.50 bits per heavy atom. The molecular weight excluding hydrogens is 204 g/mol. The number of ether oxygens (including phenoxy) is 1. The molecule has 1 N–H and O–H groups in total. The Bertz CT molecular complexity index is 319. The largest absolute Gasteiger partial charge is 0.466 e. The fraction of sp³-hybridized carbons (Fsp3) is 0.462. The minimum atomic E-state index is -0.695. The van der Waals surface area contributed by atoms with E-state index in [0.717, 1.165) is 5.56 Å². The van der Waals surface area contributed by atoms with Gasteiger partial charge in [-0.25, -0.2) is 0 Å². The summed E-state index contributed by atoms with van der Waals surface area (Å²) < 4.78 is 4.94. The first kappa shape index (κ1) is 12.7. The van der Waals surface area contributed by atoms with Gasteiger partial charge < -0.3 is 9.84 Å². The van der Waals surface area contributed by atoms with E-state index in [4.69, 9.17) is 4.74 Å². The summed E-state index contributed by atoms with van der Waals surface area (Å²) >= 11 is 0. The summed E-state index contributed by atoms with van der Waals surface area (Å²) in [5.41, 5.74) is 1.03. The van der Waals surface area contributed by atoms with E-state index < -0.39 is 12.0 Å². The molecule has 0 heterocycles. The lowest BCUT2D eigenvalue weighted by Gasteiger charge is -2.18. The van der Waals surface area contributed by atoms with E-state index in [9.17, 15) is 9.90 Å². The molecule has 88 valence electrons. The number of esters is 1. The molecule has 0 saturated carbocycles. The van der Waals surface area contributed by atoms with E-state index in [0.29, 0.717) is 13.0 Å². The van der Waals surface area contributed by atoms with Crippen LogP contribution < -0.4 is 0 Å². The van der Waals surface area contributed by atoms with Gasteiger partial charge in [-0.3, -0.25) is 4.79 Å². The first-order chi connectivity index (χ1) is 7.65. The first-order valence-corrected chi connectivity index (χ1v) is 5.53. The third-order valence-corrected chi connectivity index (χ3v) is 2.47. The second-order valence-corrected chi connectivity index (χ2v) is 3.79. The Morgan fingerprint density at radius 1 is 1.38 bits per heavy atom. The van der Waals surface area contributed by atoms with E-state index in [1.165, 1.54) is 0 Å². The molecule has 0 unspecified atom stereocenters. The van der Waals surface area contributed by atoms with Gasteiger partial charge in [0.25, 0.3) is 0 Å². The van der Waals surface area contributed by atoms with Crippen molar-refractivity contribution in [1.29, 1.82) is 0 Å². The average molecular weight is 222 g/mol. The Balaban J connectivity index is 2.69. The van der Waals surface area contributed by atoms with E-state index in [-0.39, 0.29) is 5.97 Å². The first-order valence-electron chi connectivity index (χ1n) is 5.53. The molecule has 0 bridgehead atoms. The van der Waals surface area contributed by atoms with Crippen LogP contribution in [0.4, 0.5) is 0 Å². The molecule has 2 atom stereocenters. The van der Waals surface area contributed by atoms with E-state index >= 15 is 0 Å². The molecule has 0 saturated heterocycles. The fourth-order valence-electron chi connectivity index (χ4n) is 1.57. The lowest BCUT2D eigenvalue weighted by Crippen LogP contribution is -2.29. The molecule has 3 heteroatoms. The van der Waals surface area contributed by atoms with Crippen LogP contribution in [0, 0.1) is 5.92 Å².